The Labute approximate surface area is 116 Å². The largest absolute Gasteiger partial charge is 0.448 e. The molecule has 0 saturated heterocycles. The molecule has 0 amide bonds. The first-order valence-electron chi connectivity index (χ1n) is 6.27. The summed E-state index contributed by atoms with van der Waals surface area (Å²) in [6, 6.07) is 20.8. The quantitative estimate of drug-likeness (QED) is 0.779. The van der Waals surface area contributed by atoms with Gasteiger partial charge in [0.25, 0.3) is 0 Å². The predicted octanol–water partition coefficient (Wildman–Crippen LogP) is 3.26. The summed E-state index contributed by atoms with van der Waals surface area (Å²) in [5.41, 5.74) is 2.43. The molecule has 0 aliphatic carbocycles. The molecule has 2 aromatic carbocycles. The summed E-state index contributed by atoms with van der Waals surface area (Å²) in [4.78, 5) is 11.9. The Morgan fingerprint density at radius 1 is 0.950 bits per heavy atom. The Morgan fingerprint density at radius 2 is 1.55 bits per heavy atom. The normalized spacial score (nSPS) is 17.8. The Morgan fingerprint density at radius 3 is 2.15 bits per heavy atom. The van der Waals surface area contributed by atoms with Gasteiger partial charge in [-0.3, -0.25) is 0 Å². The minimum Gasteiger partial charge on any atom is -0.448 e. The van der Waals surface area contributed by atoms with Crippen molar-refractivity contribution < 1.29 is 9.53 Å². The van der Waals surface area contributed by atoms with E-state index >= 15 is 0 Å². The molecule has 0 spiro atoms. The minimum absolute atomic E-state index is 0.0880. The third-order valence-corrected chi connectivity index (χ3v) is 3.26. The molecule has 0 radical (unpaired) electrons. The molecule has 3 rings (SSSR count). The standard InChI is InChI=1S/C17H11NO2/c18-11-14-15(12-7-3-1-4-8-12)16(20-17(14)19)13-9-5-2-6-10-13/h1-10,16H. The van der Waals surface area contributed by atoms with Gasteiger partial charge in [0, 0.05) is 5.57 Å². The van der Waals surface area contributed by atoms with Crippen LogP contribution in [-0.2, 0) is 9.53 Å². The van der Waals surface area contributed by atoms with Crippen molar-refractivity contribution in [2.75, 3.05) is 0 Å². The highest BCUT2D eigenvalue weighted by atomic mass is 16.5. The van der Waals surface area contributed by atoms with Gasteiger partial charge in [0.2, 0.25) is 0 Å². The van der Waals surface area contributed by atoms with E-state index in [-0.39, 0.29) is 5.57 Å². The van der Waals surface area contributed by atoms with E-state index in [0.29, 0.717) is 5.57 Å². The molecule has 20 heavy (non-hydrogen) atoms. The van der Waals surface area contributed by atoms with E-state index < -0.39 is 12.1 Å². The fraction of sp³-hybridized carbons (Fsp3) is 0.0588. The molecule has 0 aromatic heterocycles. The van der Waals surface area contributed by atoms with Gasteiger partial charge >= 0.3 is 5.97 Å². The lowest BCUT2D eigenvalue weighted by Gasteiger charge is -2.14. The summed E-state index contributed by atoms with van der Waals surface area (Å²) < 4.78 is 5.38. The van der Waals surface area contributed by atoms with Crippen molar-refractivity contribution in [3.63, 3.8) is 0 Å². The third kappa shape index (κ3) is 1.98. The molecule has 1 aliphatic rings. The highest BCUT2D eigenvalue weighted by molar-refractivity contribution is 6.06. The fourth-order valence-corrected chi connectivity index (χ4v) is 2.35. The number of benzene rings is 2. The van der Waals surface area contributed by atoms with Crippen molar-refractivity contribution in [1.82, 2.24) is 0 Å². The van der Waals surface area contributed by atoms with Crippen LogP contribution < -0.4 is 0 Å². The van der Waals surface area contributed by atoms with E-state index in [2.05, 4.69) is 0 Å². The van der Waals surface area contributed by atoms with Crippen molar-refractivity contribution in [2.24, 2.45) is 0 Å². The van der Waals surface area contributed by atoms with Crippen molar-refractivity contribution in [1.29, 1.82) is 5.26 Å². The average Bonchev–Trinajstić information content (AvgIpc) is 2.85. The summed E-state index contributed by atoms with van der Waals surface area (Å²) >= 11 is 0. The molecular weight excluding hydrogens is 250 g/mol. The van der Waals surface area contributed by atoms with Gasteiger partial charge in [-0.25, -0.2) is 4.79 Å². The second-order valence-electron chi connectivity index (χ2n) is 4.46. The van der Waals surface area contributed by atoms with Gasteiger partial charge in [0.15, 0.2) is 6.10 Å². The fourth-order valence-electron chi connectivity index (χ4n) is 2.35. The second kappa shape index (κ2) is 5.02. The van der Waals surface area contributed by atoms with Crippen LogP contribution in [0.4, 0.5) is 0 Å². The van der Waals surface area contributed by atoms with Gasteiger partial charge in [0.1, 0.15) is 11.6 Å². The van der Waals surface area contributed by atoms with Crippen LogP contribution in [0.5, 0.6) is 0 Å². The van der Waals surface area contributed by atoms with Crippen LogP contribution in [0.25, 0.3) is 5.57 Å². The first-order chi connectivity index (χ1) is 9.81. The molecule has 1 aliphatic heterocycles. The lowest BCUT2D eigenvalue weighted by atomic mass is 9.93. The maximum Gasteiger partial charge on any atom is 0.350 e. The number of carbonyl (C=O) groups is 1. The molecule has 96 valence electrons. The summed E-state index contributed by atoms with van der Waals surface area (Å²) in [6.45, 7) is 0. The van der Waals surface area contributed by atoms with Crippen LogP contribution in [-0.4, -0.2) is 5.97 Å². The molecule has 3 heteroatoms. The van der Waals surface area contributed by atoms with E-state index in [4.69, 9.17) is 4.74 Å². The third-order valence-electron chi connectivity index (χ3n) is 3.26. The van der Waals surface area contributed by atoms with Crippen LogP contribution >= 0.6 is 0 Å². The molecule has 0 fully saturated rings. The molecule has 0 bridgehead atoms. The summed E-state index contributed by atoms with van der Waals surface area (Å²) in [5, 5.41) is 9.22. The number of ether oxygens (including phenoxy) is 1. The summed E-state index contributed by atoms with van der Waals surface area (Å²) in [6.07, 6.45) is -0.513. The van der Waals surface area contributed by atoms with E-state index in [1.807, 2.05) is 66.7 Å². The molecule has 2 aromatic rings. The Balaban J connectivity index is 2.16. The Bertz CT molecular complexity index is 712. The molecule has 1 unspecified atom stereocenters. The number of rotatable bonds is 2. The van der Waals surface area contributed by atoms with Gasteiger partial charge in [-0.15, -0.1) is 0 Å². The van der Waals surface area contributed by atoms with Crippen LogP contribution in [0.1, 0.15) is 17.2 Å². The SMILES string of the molecule is N#CC1=C(c2ccccc2)C(c2ccccc2)OC1=O. The highest BCUT2D eigenvalue weighted by Crippen LogP contribution is 2.41. The monoisotopic (exact) mass is 261 g/mol. The number of cyclic esters (lactones) is 1. The number of hydrogen-bond acceptors (Lipinski definition) is 3. The van der Waals surface area contributed by atoms with Gasteiger partial charge in [-0.1, -0.05) is 60.7 Å². The van der Waals surface area contributed by atoms with Crippen LogP contribution in [0.15, 0.2) is 66.2 Å². The smallest absolute Gasteiger partial charge is 0.350 e. The lowest BCUT2D eigenvalue weighted by molar-refractivity contribution is -0.139. The van der Waals surface area contributed by atoms with E-state index in [1.54, 1.807) is 0 Å². The molecule has 3 nitrogen and oxygen atoms in total. The zero-order valence-electron chi connectivity index (χ0n) is 10.6. The predicted molar refractivity (Wildman–Crippen MR) is 74.3 cm³/mol. The average molecular weight is 261 g/mol. The van der Waals surface area contributed by atoms with E-state index in [1.165, 1.54) is 0 Å². The van der Waals surface area contributed by atoms with Crippen LogP contribution in [0.3, 0.4) is 0 Å². The number of esters is 1. The maximum absolute atomic E-state index is 11.9. The summed E-state index contributed by atoms with van der Waals surface area (Å²) in [7, 11) is 0. The molecule has 1 atom stereocenters. The van der Waals surface area contributed by atoms with Crippen molar-refractivity contribution in [2.45, 2.75) is 6.10 Å². The van der Waals surface area contributed by atoms with E-state index in [9.17, 15) is 10.1 Å². The number of nitriles is 1. The second-order valence-corrected chi connectivity index (χ2v) is 4.46. The first kappa shape index (κ1) is 12.2. The van der Waals surface area contributed by atoms with Crippen molar-refractivity contribution in [3.05, 3.63) is 77.4 Å². The number of carbonyl (C=O) groups excluding carboxylic acids is 1. The maximum atomic E-state index is 11.9. The Kier molecular flexibility index (Phi) is 3.06. The summed E-state index contributed by atoms with van der Waals surface area (Å²) in [5.74, 6) is -0.555. The Hall–Kier alpha value is -2.86. The lowest BCUT2D eigenvalue weighted by Crippen LogP contribution is -2.03. The molecule has 0 N–H and O–H groups in total. The highest BCUT2D eigenvalue weighted by Gasteiger charge is 2.35. The topological polar surface area (TPSA) is 50.1 Å². The minimum atomic E-state index is -0.555. The number of hydrogen-bond donors (Lipinski definition) is 0. The molecule has 0 saturated carbocycles. The van der Waals surface area contributed by atoms with Crippen molar-refractivity contribution >= 4 is 11.5 Å². The van der Waals surface area contributed by atoms with Gasteiger partial charge in [-0.05, 0) is 11.1 Å². The zero-order valence-corrected chi connectivity index (χ0v) is 10.6. The molecule has 1 heterocycles. The van der Waals surface area contributed by atoms with Crippen molar-refractivity contribution in [3.8, 4) is 6.07 Å². The number of nitrogens with zero attached hydrogens (tertiary/aromatic N) is 1. The van der Waals surface area contributed by atoms with Gasteiger partial charge < -0.3 is 4.74 Å². The van der Waals surface area contributed by atoms with Crippen LogP contribution in [0, 0.1) is 11.3 Å². The van der Waals surface area contributed by atoms with Crippen LogP contribution in [0.2, 0.25) is 0 Å². The first-order valence-corrected chi connectivity index (χ1v) is 6.27. The van der Waals surface area contributed by atoms with Gasteiger partial charge in [0.05, 0.1) is 0 Å². The van der Waals surface area contributed by atoms with E-state index in [0.717, 1.165) is 11.1 Å². The van der Waals surface area contributed by atoms with Gasteiger partial charge in [-0.2, -0.15) is 5.26 Å². The molecular formula is C17H11NO2. The zero-order chi connectivity index (χ0) is 13.9.